The van der Waals surface area contributed by atoms with E-state index in [1.807, 2.05) is 43.4 Å². The lowest BCUT2D eigenvalue weighted by Crippen LogP contribution is -2.22. The van der Waals surface area contributed by atoms with Crippen LogP contribution in [0.1, 0.15) is 24.5 Å². The molecular formula is C26H22FN7O. The van der Waals surface area contributed by atoms with E-state index in [0.717, 1.165) is 40.7 Å². The summed E-state index contributed by atoms with van der Waals surface area (Å²) < 4.78 is 18.4. The first-order chi connectivity index (χ1) is 17.1. The highest BCUT2D eigenvalue weighted by Gasteiger charge is 2.28. The molecule has 3 aromatic heterocycles. The number of nitrogens with zero attached hydrogens (tertiary/aromatic N) is 5. The molecule has 2 aromatic carbocycles. The lowest BCUT2D eigenvalue weighted by Gasteiger charge is -2.11. The Bertz CT molecular complexity index is 1550. The quantitative estimate of drug-likeness (QED) is 0.358. The van der Waals surface area contributed by atoms with Gasteiger partial charge in [0.15, 0.2) is 0 Å². The van der Waals surface area contributed by atoms with Crippen molar-refractivity contribution < 1.29 is 9.18 Å². The number of amides is 2. The summed E-state index contributed by atoms with van der Waals surface area (Å²) in [6.07, 6.45) is 7.32. The summed E-state index contributed by atoms with van der Waals surface area (Å²) in [4.78, 5) is 17.0. The Hall–Kier alpha value is -4.53. The number of fused-ring (bicyclic) bond motifs is 1. The minimum absolute atomic E-state index is 0.0748. The van der Waals surface area contributed by atoms with E-state index in [1.165, 1.54) is 6.07 Å². The van der Waals surface area contributed by atoms with Gasteiger partial charge >= 0.3 is 6.03 Å². The molecule has 1 aliphatic carbocycles. The Morgan fingerprint density at radius 1 is 1.03 bits per heavy atom. The van der Waals surface area contributed by atoms with E-state index in [1.54, 1.807) is 40.1 Å². The molecule has 0 atom stereocenters. The summed E-state index contributed by atoms with van der Waals surface area (Å²) in [6, 6.07) is 15.6. The monoisotopic (exact) mass is 467 g/mol. The Labute approximate surface area is 200 Å². The van der Waals surface area contributed by atoms with Crippen LogP contribution in [-0.2, 0) is 7.05 Å². The van der Waals surface area contributed by atoms with Crippen LogP contribution >= 0.6 is 0 Å². The summed E-state index contributed by atoms with van der Waals surface area (Å²) in [7, 11) is 1.83. The number of para-hydroxylation sites is 1. The van der Waals surface area contributed by atoms with Crippen molar-refractivity contribution in [1.29, 1.82) is 0 Å². The standard InChI is InChI=1S/C26H22FN7O/c1-33-24-15-28-13-19(20(24)14-29-33)17-9-10-22(21(27)11-17)30-26(35)31-25-12-23(16-7-8-16)32-34(25)18-5-3-2-4-6-18/h2-6,9-16H,7-8H2,1H3,(H2,30,31,35). The predicted octanol–water partition coefficient (Wildman–Crippen LogP) is 5.48. The van der Waals surface area contributed by atoms with Gasteiger partial charge in [0, 0.05) is 36.2 Å². The zero-order valence-corrected chi connectivity index (χ0v) is 18.9. The fraction of sp³-hybridized carbons (Fsp3) is 0.154. The average Bonchev–Trinajstić information content (AvgIpc) is 3.54. The molecule has 0 spiro atoms. The van der Waals surface area contributed by atoms with E-state index in [0.29, 0.717) is 17.3 Å². The second kappa shape index (κ2) is 8.35. The summed E-state index contributed by atoms with van der Waals surface area (Å²) in [5.41, 5.74) is 4.12. The van der Waals surface area contributed by atoms with Crippen LogP contribution in [0.15, 0.2) is 73.2 Å². The number of anilines is 2. The van der Waals surface area contributed by atoms with Gasteiger partial charge in [0.25, 0.3) is 0 Å². The van der Waals surface area contributed by atoms with Crippen LogP contribution in [0.2, 0.25) is 0 Å². The van der Waals surface area contributed by atoms with Gasteiger partial charge in [0.2, 0.25) is 0 Å². The Balaban J connectivity index is 1.24. The van der Waals surface area contributed by atoms with E-state index >= 15 is 4.39 Å². The number of carbonyl (C=O) groups excluding carboxylic acids is 1. The maximum Gasteiger partial charge on any atom is 0.324 e. The number of hydrogen-bond acceptors (Lipinski definition) is 4. The van der Waals surface area contributed by atoms with Gasteiger partial charge in [-0.25, -0.2) is 13.9 Å². The SMILES string of the molecule is Cn1ncc2c(-c3ccc(NC(=O)Nc4cc(C5CC5)nn4-c4ccccc4)c(F)c3)cncc21. The molecule has 174 valence electrons. The molecule has 8 nitrogen and oxygen atoms in total. The molecular weight excluding hydrogens is 445 g/mol. The lowest BCUT2D eigenvalue weighted by atomic mass is 10.0. The first kappa shape index (κ1) is 21.0. The molecule has 5 aromatic rings. The molecule has 0 saturated heterocycles. The molecule has 1 fully saturated rings. The summed E-state index contributed by atoms with van der Waals surface area (Å²) in [6.45, 7) is 0. The van der Waals surface area contributed by atoms with Gasteiger partial charge in [-0.1, -0.05) is 24.3 Å². The number of aryl methyl sites for hydroxylation is 1. The van der Waals surface area contributed by atoms with E-state index in [-0.39, 0.29) is 5.69 Å². The van der Waals surface area contributed by atoms with Crippen LogP contribution in [0.3, 0.4) is 0 Å². The molecule has 0 bridgehead atoms. The van der Waals surface area contributed by atoms with E-state index in [9.17, 15) is 4.79 Å². The number of nitrogens with one attached hydrogen (secondary N) is 2. The lowest BCUT2D eigenvalue weighted by molar-refractivity contribution is 0.262. The zero-order valence-electron chi connectivity index (χ0n) is 18.9. The maximum absolute atomic E-state index is 15.0. The molecule has 2 amide bonds. The minimum Gasteiger partial charge on any atom is -0.305 e. The third-order valence-electron chi connectivity index (χ3n) is 6.17. The van der Waals surface area contributed by atoms with Gasteiger partial charge in [0.1, 0.15) is 11.6 Å². The van der Waals surface area contributed by atoms with Gasteiger partial charge in [-0.2, -0.15) is 10.2 Å². The molecule has 3 heterocycles. The Morgan fingerprint density at radius 2 is 1.86 bits per heavy atom. The third-order valence-corrected chi connectivity index (χ3v) is 6.17. The molecule has 0 unspecified atom stereocenters. The van der Waals surface area contributed by atoms with Crippen molar-refractivity contribution in [2.24, 2.45) is 7.05 Å². The van der Waals surface area contributed by atoms with E-state index in [2.05, 4.69) is 25.8 Å². The van der Waals surface area contributed by atoms with Crippen molar-refractivity contribution in [3.63, 3.8) is 0 Å². The number of rotatable bonds is 5. The third kappa shape index (κ3) is 4.01. The van der Waals surface area contributed by atoms with Gasteiger partial charge in [0.05, 0.1) is 35.0 Å². The normalized spacial score (nSPS) is 13.2. The van der Waals surface area contributed by atoms with Gasteiger partial charge in [-0.3, -0.25) is 15.0 Å². The van der Waals surface area contributed by atoms with Gasteiger partial charge in [-0.15, -0.1) is 0 Å². The zero-order chi connectivity index (χ0) is 23.9. The van der Waals surface area contributed by atoms with Crippen molar-refractivity contribution >= 4 is 28.4 Å². The highest BCUT2D eigenvalue weighted by Crippen LogP contribution is 2.40. The molecule has 9 heteroatoms. The molecule has 6 rings (SSSR count). The van der Waals surface area contributed by atoms with Crippen LogP contribution in [0.25, 0.3) is 27.7 Å². The van der Waals surface area contributed by atoms with E-state index in [4.69, 9.17) is 0 Å². The molecule has 1 aliphatic rings. The molecule has 1 saturated carbocycles. The highest BCUT2D eigenvalue weighted by atomic mass is 19.1. The van der Waals surface area contributed by atoms with Crippen LogP contribution in [0, 0.1) is 5.82 Å². The van der Waals surface area contributed by atoms with Crippen molar-refractivity contribution in [3.8, 4) is 16.8 Å². The minimum atomic E-state index is -0.549. The number of pyridine rings is 1. The van der Waals surface area contributed by atoms with Crippen molar-refractivity contribution in [3.05, 3.63) is 84.7 Å². The van der Waals surface area contributed by atoms with Crippen LogP contribution in [-0.4, -0.2) is 30.6 Å². The average molecular weight is 468 g/mol. The largest absolute Gasteiger partial charge is 0.324 e. The fourth-order valence-electron chi connectivity index (χ4n) is 4.18. The number of aromatic nitrogens is 5. The Morgan fingerprint density at radius 3 is 2.63 bits per heavy atom. The topological polar surface area (TPSA) is 89.7 Å². The highest BCUT2D eigenvalue weighted by molar-refractivity contribution is 6.00. The smallest absolute Gasteiger partial charge is 0.305 e. The summed E-state index contributed by atoms with van der Waals surface area (Å²) in [5, 5.41) is 15.2. The number of hydrogen-bond donors (Lipinski definition) is 2. The second-order valence-corrected chi connectivity index (χ2v) is 8.64. The number of carbonyl (C=O) groups is 1. The molecule has 35 heavy (non-hydrogen) atoms. The molecule has 2 N–H and O–H groups in total. The van der Waals surface area contributed by atoms with Crippen molar-refractivity contribution in [2.45, 2.75) is 18.8 Å². The fourth-order valence-corrected chi connectivity index (χ4v) is 4.18. The number of benzene rings is 2. The van der Waals surface area contributed by atoms with E-state index < -0.39 is 11.8 Å². The van der Waals surface area contributed by atoms with Crippen LogP contribution in [0.4, 0.5) is 20.7 Å². The maximum atomic E-state index is 15.0. The number of urea groups is 1. The van der Waals surface area contributed by atoms with Crippen LogP contribution in [0.5, 0.6) is 0 Å². The van der Waals surface area contributed by atoms with Crippen LogP contribution < -0.4 is 10.6 Å². The molecule has 0 aliphatic heterocycles. The summed E-state index contributed by atoms with van der Waals surface area (Å²) >= 11 is 0. The summed E-state index contributed by atoms with van der Waals surface area (Å²) in [5.74, 6) is 0.406. The van der Waals surface area contributed by atoms with Crippen molar-refractivity contribution in [2.75, 3.05) is 10.6 Å². The van der Waals surface area contributed by atoms with Gasteiger partial charge in [-0.05, 0) is 42.7 Å². The second-order valence-electron chi connectivity index (χ2n) is 8.64. The first-order valence-electron chi connectivity index (χ1n) is 11.4. The Kier molecular flexibility index (Phi) is 5.02. The predicted molar refractivity (Wildman–Crippen MR) is 132 cm³/mol. The number of halogens is 1. The van der Waals surface area contributed by atoms with Gasteiger partial charge < -0.3 is 5.32 Å². The molecule has 0 radical (unpaired) electrons. The first-order valence-corrected chi connectivity index (χ1v) is 11.4. The van der Waals surface area contributed by atoms with Crippen molar-refractivity contribution in [1.82, 2.24) is 24.5 Å².